The fourth-order valence-corrected chi connectivity index (χ4v) is 11.1. The Morgan fingerprint density at radius 2 is 0.562 bits per heavy atom. The van der Waals surface area contributed by atoms with E-state index in [0.717, 1.165) is 57.8 Å². The molecule has 6 heteroatoms. The third-order valence-electron chi connectivity index (χ3n) is 16.7. The van der Waals surface area contributed by atoms with Crippen LogP contribution in [0.15, 0.2) is 60.8 Å². The van der Waals surface area contributed by atoms with Crippen LogP contribution >= 0.6 is 0 Å². The van der Waals surface area contributed by atoms with Crippen LogP contribution in [-0.2, 0) is 4.79 Å². The Hall–Kier alpha value is -1.99. The first-order chi connectivity index (χ1) is 39.5. The van der Waals surface area contributed by atoms with Gasteiger partial charge >= 0.3 is 0 Å². The van der Waals surface area contributed by atoms with Gasteiger partial charge in [-0.15, -0.1) is 0 Å². The lowest BCUT2D eigenvalue weighted by molar-refractivity contribution is -0.132. The molecule has 0 aromatic carbocycles. The topological polar surface area (TPSA) is 110 Å². The van der Waals surface area contributed by atoms with Gasteiger partial charge in [0, 0.05) is 0 Å². The molecular weight excluding hydrogens is 983 g/mol. The van der Waals surface area contributed by atoms with Gasteiger partial charge < -0.3 is 25.7 Å². The van der Waals surface area contributed by atoms with Crippen molar-refractivity contribution in [2.75, 3.05) is 6.61 Å². The van der Waals surface area contributed by atoms with Gasteiger partial charge in [0.2, 0.25) is 5.91 Å². The first-order valence-corrected chi connectivity index (χ1v) is 35.7. The fourth-order valence-electron chi connectivity index (χ4n) is 11.1. The highest BCUT2D eigenvalue weighted by Crippen LogP contribution is 2.18. The maximum atomic E-state index is 12.7. The van der Waals surface area contributed by atoms with Gasteiger partial charge in [-0.25, -0.2) is 0 Å². The number of hydrogen-bond donors (Lipinski definition) is 5. The highest BCUT2D eigenvalue weighted by Gasteiger charge is 2.28. The molecule has 0 saturated heterocycles. The third kappa shape index (κ3) is 60.6. The van der Waals surface area contributed by atoms with Crippen molar-refractivity contribution in [2.45, 2.75) is 398 Å². The van der Waals surface area contributed by atoms with E-state index in [9.17, 15) is 25.2 Å². The molecule has 0 rings (SSSR count). The van der Waals surface area contributed by atoms with E-state index in [0.29, 0.717) is 19.3 Å². The van der Waals surface area contributed by atoms with E-state index in [1.165, 1.54) is 283 Å². The number of carbonyl (C=O) groups excluding carboxylic acids is 1. The molecule has 80 heavy (non-hydrogen) atoms. The lowest BCUT2D eigenvalue weighted by Crippen LogP contribution is -2.53. The summed E-state index contributed by atoms with van der Waals surface area (Å²) in [5.74, 6) is -0.596. The molecule has 0 heterocycles. The summed E-state index contributed by atoms with van der Waals surface area (Å²) in [5.41, 5.74) is 0. The average molecular weight is 1120 g/mol. The van der Waals surface area contributed by atoms with Crippen molar-refractivity contribution in [3.8, 4) is 0 Å². The summed E-state index contributed by atoms with van der Waals surface area (Å²) >= 11 is 0. The summed E-state index contributed by atoms with van der Waals surface area (Å²) in [6.45, 7) is 4.08. The zero-order chi connectivity index (χ0) is 58.0. The minimum atomic E-state index is -1.30. The van der Waals surface area contributed by atoms with Crippen LogP contribution in [0.3, 0.4) is 0 Å². The Kier molecular flexibility index (Phi) is 66.1. The summed E-state index contributed by atoms with van der Waals surface area (Å²) in [5, 5.41) is 44.2. The lowest BCUT2D eigenvalue weighted by Gasteiger charge is -2.27. The van der Waals surface area contributed by atoms with E-state index >= 15 is 0 Å². The van der Waals surface area contributed by atoms with Crippen LogP contribution in [0.5, 0.6) is 0 Å². The molecule has 0 spiro atoms. The molecule has 0 aliphatic carbocycles. The number of unbranched alkanes of at least 4 members (excludes halogenated alkanes) is 47. The molecule has 0 aliphatic rings. The SMILES string of the molecule is CCCCCCCCCCCCCCC/C=C/CC/C=C/CC/C=C/CCCC(O)C(O)C(CO)NC(=O)C(O)CCCCCCCCCCCCCCCCCC/C=C\C/C=C\CCCCCCCCCCCCCCCCC. The second kappa shape index (κ2) is 67.8. The van der Waals surface area contributed by atoms with Gasteiger partial charge in [-0.3, -0.25) is 4.79 Å². The van der Waals surface area contributed by atoms with E-state index in [4.69, 9.17) is 0 Å². The molecule has 0 aliphatic heterocycles. The van der Waals surface area contributed by atoms with Crippen molar-refractivity contribution in [1.29, 1.82) is 0 Å². The van der Waals surface area contributed by atoms with Crippen molar-refractivity contribution < 1.29 is 25.2 Å². The zero-order valence-electron chi connectivity index (χ0n) is 53.6. The fraction of sp³-hybridized carbons (Fsp3) is 0.851. The van der Waals surface area contributed by atoms with Crippen LogP contribution in [0.25, 0.3) is 0 Å². The minimum absolute atomic E-state index is 0.358. The van der Waals surface area contributed by atoms with Crippen LogP contribution in [0.2, 0.25) is 0 Å². The largest absolute Gasteiger partial charge is 0.394 e. The molecule has 4 unspecified atom stereocenters. The summed E-state index contributed by atoms with van der Waals surface area (Å²) in [7, 11) is 0. The van der Waals surface area contributed by atoms with Gasteiger partial charge in [0.1, 0.15) is 12.2 Å². The summed E-state index contributed by atoms with van der Waals surface area (Å²) < 4.78 is 0. The van der Waals surface area contributed by atoms with Gasteiger partial charge in [0.25, 0.3) is 0 Å². The molecule has 4 atom stereocenters. The van der Waals surface area contributed by atoms with E-state index in [1.54, 1.807) is 0 Å². The number of rotatable bonds is 66. The van der Waals surface area contributed by atoms with Crippen molar-refractivity contribution in [3.63, 3.8) is 0 Å². The molecule has 5 N–H and O–H groups in total. The predicted molar refractivity (Wildman–Crippen MR) is 353 cm³/mol. The smallest absolute Gasteiger partial charge is 0.249 e. The van der Waals surface area contributed by atoms with Crippen molar-refractivity contribution in [2.24, 2.45) is 0 Å². The predicted octanol–water partition coefficient (Wildman–Crippen LogP) is 22.2. The highest BCUT2D eigenvalue weighted by molar-refractivity contribution is 5.80. The molecular formula is C74H139NO5. The summed E-state index contributed by atoms with van der Waals surface area (Å²) in [6.07, 6.45) is 90.7. The van der Waals surface area contributed by atoms with Crippen molar-refractivity contribution in [3.05, 3.63) is 60.8 Å². The number of amides is 1. The monoisotopic (exact) mass is 1120 g/mol. The molecule has 0 saturated carbocycles. The molecule has 0 bridgehead atoms. The Bertz CT molecular complexity index is 1360. The molecule has 1 amide bonds. The molecule has 6 nitrogen and oxygen atoms in total. The molecule has 0 fully saturated rings. The van der Waals surface area contributed by atoms with Gasteiger partial charge in [0.15, 0.2) is 0 Å². The molecule has 0 radical (unpaired) electrons. The Morgan fingerprint density at radius 3 is 0.863 bits per heavy atom. The standard InChI is InChI=1S/C74H139NO5/c1-3-5-7-9-11-13-15-17-19-21-23-25-27-29-31-32-33-34-35-36-37-38-39-40-41-42-44-46-48-50-52-54-56-58-60-62-64-66-68-72(78)74(80)75-70(69-76)73(79)71(77)67-65-63-61-59-57-55-53-51-49-47-45-43-30-28-26-24-22-20-18-16-14-12-10-8-6-4-2/h33-34,36-37,43,45,51,53,59,61,70-73,76-79H,3-32,35,38-42,44,46-50,52,54-58,60,62-69H2,1-2H3,(H,75,80)/b34-33-,37-36-,45-43+,53-51+,61-59+. The number of hydrogen-bond acceptors (Lipinski definition) is 5. The molecule has 0 aromatic rings. The van der Waals surface area contributed by atoms with Crippen LogP contribution in [0.1, 0.15) is 373 Å². The maximum absolute atomic E-state index is 12.7. The second-order valence-electron chi connectivity index (χ2n) is 24.6. The third-order valence-corrected chi connectivity index (χ3v) is 16.7. The van der Waals surface area contributed by atoms with Crippen LogP contribution in [-0.4, -0.2) is 57.3 Å². The zero-order valence-corrected chi connectivity index (χ0v) is 53.6. The van der Waals surface area contributed by atoms with Crippen LogP contribution < -0.4 is 5.32 Å². The number of aliphatic hydroxyl groups excluding tert-OH is 4. The average Bonchev–Trinajstić information content (AvgIpc) is 3.46. The molecule has 0 aromatic heterocycles. The van der Waals surface area contributed by atoms with Gasteiger partial charge in [-0.05, 0) is 96.3 Å². The quantitative estimate of drug-likeness (QED) is 0.0308. The summed E-state index contributed by atoms with van der Waals surface area (Å²) in [6, 6.07) is -1.02. The van der Waals surface area contributed by atoms with E-state index in [1.807, 2.05) is 0 Å². The van der Waals surface area contributed by atoms with Crippen molar-refractivity contribution >= 4 is 5.91 Å². The highest BCUT2D eigenvalue weighted by atomic mass is 16.3. The second-order valence-corrected chi connectivity index (χ2v) is 24.6. The number of carbonyl (C=O) groups is 1. The van der Waals surface area contributed by atoms with Gasteiger partial charge in [0.05, 0.1) is 18.8 Å². The first kappa shape index (κ1) is 78.0. The summed E-state index contributed by atoms with van der Waals surface area (Å²) in [4.78, 5) is 12.7. The Balaban J connectivity index is 3.60. The first-order valence-electron chi connectivity index (χ1n) is 35.7. The normalized spacial score (nSPS) is 13.8. The number of aliphatic hydroxyl groups is 4. The van der Waals surface area contributed by atoms with Gasteiger partial charge in [-0.1, -0.05) is 338 Å². The van der Waals surface area contributed by atoms with E-state index in [2.05, 4.69) is 79.9 Å². The number of allylic oxidation sites excluding steroid dienone is 10. The maximum Gasteiger partial charge on any atom is 0.249 e. The van der Waals surface area contributed by atoms with Crippen LogP contribution in [0, 0.1) is 0 Å². The van der Waals surface area contributed by atoms with E-state index < -0.39 is 36.9 Å². The minimum Gasteiger partial charge on any atom is -0.394 e. The van der Waals surface area contributed by atoms with Crippen LogP contribution in [0.4, 0.5) is 0 Å². The van der Waals surface area contributed by atoms with Crippen molar-refractivity contribution in [1.82, 2.24) is 5.32 Å². The lowest BCUT2D eigenvalue weighted by atomic mass is 10.00. The van der Waals surface area contributed by atoms with Gasteiger partial charge in [-0.2, -0.15) is 0 Å². The number of nitrogens with one attached hydrogen (secondary N) is 1. The van der Waals surface area contributed by atoms with E-state index in [-0.39, 0.29) is 0 Å². The Labute approximate surface area is 499 Å². The Morgan fingerprint density at radius 1 is 0.312 bits per heavy atom. The molecule has 470 valence electrons.